The minimum Gasteiger partial charge on any atom is -0.356 e. The Kier molecular flexibility index (Phi) is 5.27. The van der Waals surface area contributed by atoms with E-state index in [1.165, 1.54) is 7.05 Å². The predicted molar refractivity (Wildman–Crippen MR) is 63.2 cm³/mol. The Morgan fingerprint density at radius 2 is 2.18 bits per heavy atom. The van der Waals surface area contributed by atoms with E-state index in [0.717, 1.165) is 5.56 Å². The van der Waals surface area contributed by atoms with Gasteiger partial charge in [-0.05, 0) is 22.4 Å². The van der Waals surface area contributed by atoms with E-state index in [1.54, 1.807) is 11.3 Å². The highest BCUT2D eigenvalue weighted by Crippen LogP contribution is 2.18. The zero-order valence-electron chi connectivity index (χ0n) is 9.34. The lowest BCUT2D eigenvalue weighted by atomic mass is 10.3. The summed E-state index contributed by atoms with van der Waals surface area (Å²) in [4.78, 5) is 3.84. The van der Waals surface area contributed by atoms with Crippen molar-refractivity contribution in [3.05, 3.63) is 22.4 Å². The summed E-state index contributed by atoms with van der Waals surface area (Å²) >= 11 is 1.57. The van der Waals surface area contributed by atoms with Crippen LogP contribution in [0.2, 0.25) is 0 Å². The second-order valence-electron chi connectivity index (χ2n) is 3.35. The van der Waals surface area contributed by atoms with E-state index in [0.29, 0.717) is 12.5 Å². The molecule has 0 saturated carbocycles. The third-order valence-corrected chi connectivity index (χ3v) is 2.70. The molecule has 1 aromatic heterocycles. The van der Waals surface area contributed by atoms with Gasteiger partial charge in [-0.2, -0.15) is 24.5 Å². The van der Waals surface area contributed by atoms with E-state index < -0.39 is 12.6 Å². The highest BCUT2D eigenvalue weighted by Gasteiger charge is 2.26. The maximum Gasteiger partial charge on any atom is 0.390 e. The molecule has 1 rings (SSSR count). The van der Waals surface area contributed by atoms with Crippen LogP contribution in [0, 0.1) is 0 Å². The topological polar surface area (TPSA) is 36.4 Å². The molecule has 2 N–H and O–H groups in total. The van der Waals surface area contributed by atoms with Crippen molar-refractivity contribution in [2.75, 3.05) is 13.6 Å². The molecule has 1 aromatic rings. The van der Waals surface area contributed by atoms with Crippen LogP contribution in [-0.2, 0) is 6.54 Å². The zero-order valence-corrected chi connectivity index (χ0v) is 10.2. The van der Waals surface area contributed by atoms with E-state index in [1.807, 2.05) is 16.8 Å². The Labute approximate surface area is 102 Å². The van der Waals surface area contributed by atoms with Gasteiger partial charge in [0.15, 0.2) is 5.96 Å². The first-order chi connectivity index (χ1) is 8.01. The number of nitrogens with zero attached hydrogens (tertiary/aromatic N) is 1. The molecule has 0 aliphatic carbocycles. The van der Waals surface area contributed by atoms with Crippen LogP contribution >= 0.6 is 11.3 Å². The Balaban J connectivity index is 2.25. The van der Waals surface area contributed by atoms with Gasteiger partial charge in [0.1, 0.15) is 0 Å². The summed E-state index contributed by atoms with van der Waals surface area (Å²) in [5.41, 5.74) is 1.08. The molecule has 3 nitrogen and oxygen atoms in total. The van der Waals surface area contributed by atoms with Gasteiger partial charge in [0.25, 0.3) is 0 Å². The van der Waals surface area contributed by atoms with Gasteiger partial charge in [0.05, 0.1) is 6.42 Å². The van der Waals surface area contributed by atoms with Crippen LogP contribution in [0.5, 0.6) is 0 Å². The highest BCUT2D eigenvalue weighted by atomic mass is 32.1. The molecular formula is C10H14F3N3S. The minimum atomic E-state index is -4.14. The highest BCUT2D eigenvalue weighted by molar-refractivity contribution is 7.07. The molecule has 0 amide bonds. The molecule has 0 fully saturated rings. The average molecular weight is 265 g/mol. The van der Waals surface area contributed by atoms with E-state index in [2.05, 4.69) is 15.6 Å². The molecule has 0 unspecified atom stereocenters. The number of nitrogens with one attached hydrogen (secondary N) is 2. The molecule has 0 atom stereocenters. The standard InChI is InChI=1S/C10H14F3N3S/c1-14-9(15-4-3-10(11,12)13)16-6-8-2-5-17-7-8/h2,5,7H,3-4,6H2,1H3,(H2,14,15,16). The summed E-state index contributed by atoms with van der Waals surface area (Å²) in [6, 6.07) is 1.95. The fraction of sp³-hybridized carbons (Fsp3) is 0.500. The van der Waals surface area contributed by atoms with Crippen LogP contribution in [0.3, 0.4) is 0 Å². The van der Waals surface area contributed by atoms with Crippen LogP contribution < -0.4 is 10.6 Å². The number of halogens is 3. The first-order valence-electron chi connectivity index (χ1n) is 5.03. The fourth-order valence-electron chi connectivity index (χ4n) is 1.12. The Bertz CT molecular complexity index is 346. The van der Waals surface area contributed by atoms with Crippen molar-refractivity contribution in [1.29, 1.82) is 0 Å². The number of rotatable bonds is 4. The lowest BCUT2D eigenvalue weighted by Crippen LogP contribution is -2.38. The number of alkyl halides is 3. The second-order valence-corrected chi connectivity index (χ2v) is 4.13. The lowest BCUT2D eigenvalue weighted by molar-refractivity contribution is -0.132. The SMILES string of the molecule is CN=C(NCCC(F)(F)F)NCc1ccsc1. The summed E-state index contributed by atoms with van der Waals surface area (Å²) in [6.07, 6.45) is -5.01. The maximum absolute atomic E-state index is 11.9. The molecule has 0 radical (unpaired) electrons. The van der Waals surface area contributed by atoms with Crippen molar-refractivity contribution in [3.63, 3.8) is 0 Å². The van der Waals surface area contributed by atoms with Crippen LogP contribution in [0.15, 0.2) is 21.8 Å². The Hall–Kier alpha value is -1.24. The van der Waals surface area contributed by atoms with Gasteiger partial charge in [0, 0.05) is 20.1 Å². The van der Waals surface area contributed by atoms with Crippen molar-refractivity contribution in [3.8, 4) is 0 Å². The van der Waals surface area contributed by atoms with Gasteiger partial charge >= 0.3 is 6.18 Å². The summed E-state index contributed by atoms with van der Waals surface area (Å²) in [5.74, 6) is 0.375. The first kappa shape index (κ1) is 13.8. The summed E-state index contributed by atoms with van der Waals surface area (Å²) in [7, 11) is 1.52. The summed E-state index contributed by atoms with van der Waals surface area (Å²) in [6.45, 7) is 0.377. The molecule has 0 bridgehead atoms. The van der Waals surface area contributed by atoms with Crippen molar-refractivity contribution in [1.82, 2.24) is 10.6 Å². The van der Waals surface area contributed by atoms with Gasteiger partial charge in [0.2, 0.25) is 0 Å². The molecule has 7 heteroatoms. The summed E-state index contributed by atoms with van der Waals surface area (Å²) < 4.78 is 35.8. The number of thiophene rings is 1. The molecule has 0 aliphatic heterocycles. The number of hydrogen-bond acceptors (Lipinski definition) is 2. The first-order valence-corrected chi connectivity index (χ1v) is 5.98. The number of aliphatic imine (C=N–C) groups is 1. The smallest absolute Gasteiger partial charge is 0.356 e. The van der Waals surface area contributed by atoms with Crippen molar-refractivity contribution in [2.45, 2.75) is 19.1 Å². The van der Waals surface area contributed by atoms with Crippen LogP contribution in [0.25, 0.3) is 0 Å². The van der Waals surface area contributed by atoms with E-state index in [4.69, 9.17) is 0 Å². The largest absolute Gasteiger partial charge is 0.390 e. The van der Waals surface area contributed by atoms with Gasteiger partial charge in [-0.3, -0.25) is 4.99 Å². The van der Waals surface area contributed by atoms with Crippen LogP contribution in [0.4, 0.5) is 13.2 Å². The number of hydrogen-bond donors (Lipinski definition) is 2. The fourth-order valence-corrected chi connectivity index (χ4v) is 1.79. The lowest BCUT2D eigenvalue weighted by Gasteiger charge is -2.12. The van der Waals surface area contributed by atoms with Gasteiger partial charge in [-0.1, -0.05) is 0 Å². The second kappa shape index (κ2) is 6.48. The van der Waals surface area contributed by atoms with Gasteiger partial charge in [-0.25, -0.2) is 0 Å². The number of guanidine groups is 1. The molecule has 96 valence electrons. The predicted octanol–water partition coefficient (Wildman–Crippen LogP) is 2.37. The van der Waals surface area contributed by atoms with Gasteiger partial charge < -0.3 is 10.6 Å². The maximum atomic E-state index is 11.9. The van der Waals surface area contributed by atoms with Crippen molar-refractivity contribution < 1.29 is 13.2 Å². The third-order valence-electron chi connectivity index (χ3n) is 1.96. The average Bonchev–Trinajstić information content (AvgIpc) is 2.74. The van der Waals surface area contributed by atoms with Crippen LogP contribution in [-0.4, -0.2) is 25.7 Å². The molecule has 17 heavy (non-hydrogen) atoms. The quantitative estimate of drug-likeness (QED) is 0.647. The minimum absolute atomic E-state index is 0.174. The molecule has 0 aromatic carbocycles. The molecule has 1 heterocycles. The molecule has 0 saturated heterocycles. The van der Waals surface area contributed by atoms with Crippen molar-refractivity contribution in [2.24, 2.45) is 4.99 Å². The third kappa shape index (κ3) is 6.15. The normalized spacial score (nSPS) is 12.6. The summed E-state index contributed by atoms with van der Waals surface area (Å²) in [5, 5.41) is 9.46. The zero-order chi connectivity index (χ0) is 12.7. The van der Waals surface area contributed by atoms with Crippen molar-refractivity contribution >= 4 is 17.3 Å². The van der Waals surface area contributed by atoms with E-state index in [9.17, 15) is 13.2 Å². The van der Waals surface area contributed by atoms with E-state index >= 15 is 0 Å². The van der Waals surface area contributed by atoms with Gasteiger partial charge in [-0.15, -0.1) is 0 Å². The Morgan fingerprint density at radius 1 is 1.41 bits per heavy atom. The monoisotopic (exact) mass is 265 g/mol. The van der Waals surface area contributed by atoms with Crippen LogP contribution in [0.1, 0.15) is 12.0 Å². The molecular weight excluding hydrogens is 251 g/mol. The Morgan fingerprint density at radius 3 is 2.71 bits per heavy atom. The van der Waals surface area contributed by atoms with E-state index in [-0.39, 0.29) is 6.54 Å². The molecule has 0 spiro atoms. The molecule has 0 aliphatic rings.